The molecule has 1 aliphatic heterocycles. The Morgan fingerprint density at radius 3 is 2.58 bits per heavy atom. The van der Waals surface area contributed by atoms with Crippen LogP contribution in [0.1, 0.15) is 61.6 Å². The number of benzene rings is 1. The van der Waals surface area contributed by atoms with Gasteiger partial charge in [0.25, 0.3) is 0 Å². The first-order valence-electron chi connectivity index (χ1n) is 11.8. The molecule has 1 aromatic carbocycles. The van der Waals surface area contributed by atoms with Gasteiger partial charge in [-0.1, -0.05) is 38.0 Å². The summed E-state index contributed by atoms with van der Waals surface area (Å²) in [4.78, 5) is 11.7. The van der Waals surface area contributed by atoms with Crippen LogP contribution in [0.3, 0.4) is 0 Å². The van der Waals surface area contributed by atoms with E-state index in [1.54, 1.807) is 0 Å². The lowest BCUT2D eigenvalue weighted by Gasteiger charge is -2.26. The van der Waals surface area contributed by atoms with Gasteiger partial charge >= 0.3 is 0 Å². The molecule has 2 aliphatic rings. The average Bonchev–Trinajstić information content (AvgIpc) is 3.29. The molecule has 2 heterocycles. The summed E-state index contributed by atoms with van der Waals surface area (Å²) in [6, 6.07) is 9.46. The zero-order valence-corrected chi connectivity index (χ0v) is 19.2. The molecular weight excluding hydrogens is 380 g/mol. The van der Waals surface area contributed by atoms with Crippen molar-refractivity contribution in [1.29, 1.82) is 0 Å². The van der Waals surface area contributed by atoms with Crippen molar-refractivity contribution in [3.63, 3.8) is 0 Å². The van der Waals surface area contributed by atoms with Crippen LogP contribution in [-0.2, 0) is 6.54 Å². The van der Waals surface area contributed by atoms with Crippen molar-refractivity contribution >= 4 is 5.71 Å². The van der Waals surface area contributed by atoms with Crippen molar-refractivity contribution in [2.75, 3.05) is 20.1 Å². The van der Waals surface area contributed by atoms with Gasteiger partial charge in [0.05, 0.1) is 11.4 Å². The molecule has 2 aromatic rings. The van der Waals surface area contributed by atoms with Crippen LogP contribution in [-0.4, -0.2) is 41.8 Å². The second-order valence-electron chi connectivity index (χ2n) is 9.12. The minimum absolute atomic E-state index is 0.531. The van der Waals surface area contributed by atoms with Crippen LogP contribution in [0.5, 0.6) is 0 Å². The Labute approximate surface area is 187 Å². The lowest BCUT2D eigenvalue weighted by molar-refractivity contribution is 0.220. The number of pyridine rings is 1. The standard InChI is InChI=1S/C27H36N4/c1-20-11-12-23(16-26(20)27(28-3)21(2)30-25-9-5-6-10-25)24-15-22(17-29-18-24)19-31-13-7-4-8-14-31/h11-12,15-18,25,30H,2,4-10,13-14,19H2,1,3H3. The van der Waals surface area contributed by atoms with E-state index in [-0.39, 0.29) is 0 Å². The summed E-state index contributed by atoms with van der Waals surface area (Å²) in [5.74, 6) is 0. The largest absolute Gasteiger partial charge is 0.381 e. The van der Waals surface area contributed by atoms with Gasteiger partial charge in [-0.15, -0.1) is 0 Å². The summed E-state index contributed by atoms with van der Waals surface area (Å²) in [6.07, 6.45) is 13.0. The number of allylic oxidation sites excluding steroid dienone is 1. The van der Waals surface area contributed by atoms with Crippen molar-refractivity contribution in [3.05, 3.63) is 65.6 Å². The molecule has 2 fully saturated rings. The van der Waals surface area contributed by atoms with Crippen LogP contribution in [0.15, 0.2) is 53.9 Å². The number of hydrogen-bond acceptors (Lipinski definition) is 4. The summed E-state index contributed by atoms with van der Waals surface area (Å²) in [5.41, 5.74) is 7.91. The van der Waals surface area contributed by atoms with Crippen LogP contribution in [0.25, 0.3) is 11.1 Å². The Hall–Kier alpha value is -2.46. The molecule has 4 nitrogen and oxygen atoms in total. The third-order valence-electron chi connectivity index (χ3n) is 6.72. The Balaban J connectivity index is 1.55. The molecule has 4 rings (SSSR count). The van der Waals surface area contributed by atoms with Gasteiger partial charge in [-0.3, -0.25) is 14.9 Å². The summed E-state index contributed by atoms with van der Waals surface area (Å²) in [5, 5.41) is 3.63. The molecule has 0 spiro atoms. The zero-order valence-electron chi connectivity index (χ0n) is 19.2. The number of aliphatic imine (C=N–C) groups is 1. The fourth-order valence-electron chi connectivity index (χ4n) is 4.97. The Morgan fingerprint density at radius 1 is 1.06 bits per heavy atom. The number of rotatable bonds is 7. The van der Waals surface area contributed by atoms with Crippen LogP contribution >= 0.6 is 0 Å². The quantitative estimate of drug-likeness (QED) is 0.605. The van der Waals surface area contributed by atoms with Crippen LogP contribution in [0.4, 0.5) is 0 Å². The normalized spacial score (nSPS) is 18.3. The second kappa shape index (κ2) is 10.2. The molecule has 0 bridgehead atoms. The molecule has 164 valence electrons. The Morgan fingerprint density at radius 2 is 1.84 bits per heavy atom. The maximum Gasteiger partial charge on any atom is 0.0871 e. The first kappa shape index (κ1) is 21.8. The highest BCUT2D eigenvalue weighted by Gasteiger charge is 2.19. The molecule has 31 heavy (non-hydrogen) atoms. The lowest BCUT2D eigenvalue weighted by atomic mass is 9.95. The minimum atomic E-state index is 0.531. The summed E-state index contributed by atoms with van der Waals surface area (Å²) < 4.78 is 0. The molecule has 1 N–H and O–H groups in total. The van der Waals surface area contributed by atoms with Gasteiger partial charge in [-0.05, 0) is 74.5 Å². The molecule has 0 atom stereocenters. The van der Waals surface area contributed by atoms with Gasteiger partial charge in [0, 0.05) is 43.2 Å². The highest BCUT2D eigenvalue weighted by atomic mass is 15.1. The first-order valence-corrected chi connectivity index (χ1v) is 11.8. The molecule has 0 amide bonds. The third kappa shape index (κ3) is 5.43. The average molecular weight is 417 g/mol. The maximum atomic E-state index is 4.62. The number of likely N-dealkylation sites (tertiary alicyclic amines) is 1. The van der Waals surface area contributed by atoms with Gasteiger partial charge in [0.2, 0.25) is 0 Å². The highest BCUT2D eigenvalue weighted by molar-refractivity contribution is 6.13. The maximum absolute atomic E-state index is 4.62. The summed E-state index contributed by atoms with van der Waals surface area (Å²) in [6.45, 7) is 9.87. The van der Waals surface area contributed by atoms with E-state index in [1.807, 2.05) is 19.4 Å². The smallest absolute Gasteiger partial charge is 0.0871 e. The Kier molecular flexibility index (Phi) is 7.18. The Bertz CT molecular complexity index is 934. The molecule has 1 aromatic heterocycles. The van der Waals surface area contributed by atoms with Crippen molar-refractivity contribution in [2.24, 2.45) is 4.99 Å². The number of nitrogens with one attached hydrogen (secondary N) is 1. The number of piperidine rings is 1. The SMILES string of the molecule is C=C(NC1CCCC1)C(=NC)c1cc(-c2cncc(CN3CCCCC3)c2)ccc1C. The van der Waals surface area contributed by atoms with Crippen LogP contribution < -0.4 is 5.32 Å². The van der Waals surface area contributed by atoms with E-state index < -0.39 is 0 Å². The number of nitrogens with zero attached hydrogens (tertiary/aromatic N) is 3. The molecule has 1 aliphatic carbocycles. The van der Waals surface area contributed by atoms with Crippen LogP contribution in [0, 0.1) is 6.92 Å². The minimum Gasteiger partial charge on any atom is -0.381 e. The van der Waals surface area contributed by atoms with Gasteiger partial charge in [0.1, 0.15) is 0 Å². The lowest BCUT2D eigenvalue weighted by Crippen LogP contribution is -2.29. The van der Waals surface area contributed by atoms with Crippen molar-refractivity contribution in [3.8, 4) is 11.1 Å². The monoisotopic (exact) mass is 416 g/mol. The van der Waals surface area contributed by atoms with Gasteiger partial charge in [-0.2, -0.15) is 0 Å². The molecule has 4 heteroatoms. The molecular formula is C27H36N4. The van der Waals surface area contributed by atoms with Crippen LogP contribution in [0.2, 0.25) is 0 Å². The molecule has 1 saturated carbocycles. The number of aromatic nitrogens is 1. The van der Waals surface area contributed by atoms with Gasteiger partial charge in [-0.25, -0.2) is 0 Å². The van der Waals surface area contributed by atoms with E-state index >= 15 is 0 Å². The van der Waals surface area contributed by atoms with E-state index in [4.69, 9.17) is 0 Å². The fraction of sp³-hybridized carbons (Fsp3) is 0.481. The van der Waals surface area contributed by atoms with Crippen molar-refractivity contribution < 1.29 is 0 Å². The number of hydrogen-bond donors (Lipinski definition) is 1. The fourth-order valence-corrected chi connectivity index (χ4v) is 4.97. The van der Waals surface area contributed by atoms with E-state index in [2.05, 4.69) is 58.0 Å². The van der Waals surface area contributed by atoms with E-state index in [9.17, 15) is 0 Å². The number of aryl methyl sites for hydroxylation is 1. The predicted octanol–water partition coefficient (Wildman–Crippen LogP) is 5.51. The summed E-state index contributed by atoms with van der Waals surface area (Å²) >= 11 is 0. The van der Waals surface area contributed by atoms with Gasteiger partial charge in [0.15, 0.2) is 0 Å². The summed E-state index contributed by atoms with van der Waals surface area (Å²) in [7, 11) is 1.86. The van der Waals surface area contributed by atoms with Crippen molar-refractivity contribution in [2.45, 2.75) is 64.5 Å². The first-order chi connectivity index (χ1) is 15.1. The van der Waals surface area contributed by atoms with E-state index in [0.717, 1.165) is 23.5 Å². The van der Waals surface area contributed by atoms with Gasteiger partial charge < -0.3 is 5.32 Å². The third-order valence-corrected chi connectivity index (χ3v) is 6.72. The second-order valence-corrected chi connectivity index (χ2v) is 9.12. The van der Waals surface area contributed by atoms with Crippen molar-refractivity contribution in [1.82, 2.24) is 15.2 Å². The van der Waals surface area contributed by atoms with E-state index in [1.165, 1.54) is 80.3 Å². The molecule has 0 radical (unpaired) electrons. The molecule has 0 unspecified atom stereocenters. The zero-order chi connectivity index (χ0) is 21.6. The topological polar surface area (TPSA) is 40.5 Å². The highest BCUT2D eigenvalue weighted by Crippen LogP contribution is 2.26. The molecule has 1 saturated heterocycles. The predicted molar refractivity (Wildman–Crippen MR) is 131 cm³/mol. The van der Waals surface area contributed by atoms with E-state index in [0.29, 0.717) is 6.04 Å².